The van der Waals surface area contributed by atoms with Crippen molar-refractivity contribution in [2.24, 2.45) is 0 Å². The Hall–Kier alpha value is -1.59. The highest BCUT2D eigenvalue weighted by molar-refractivity contribution is 7.92. The summed E-state index contributed by atoms with van der Waals surface area (Å²) in [4.78, 5) is 4.55. The molecule has 3 rings (SSSR count). The summed E-state index contributed by atoms with van der Waals surface area (Å²) >= 11 is 5.99. The molecule has 0 unspecified atom stereocenters. The van der Waals surface area contributed by atoms with Gasteiger partial charge in [-0.25, -0.2) is 13.4 Å². The molecule has 1 fully saturated rings. The molecule has 0 saturated heterocycles. The van der Waals surface area contributed by atoms with Crippen LogP contribution in [0.4, 0.5) is 5.82 Å². The van der Waals surface area contributed by atoms with Gasteiger partial charge in [-0.3, -0.25) is 4.72 Å². The molecule has 1 N–H and O–H groups in total. The first-order chi connectivity index (χ1) is 9.97. The molecule has 1 aliphatic carbocycles. The Morgan fingerprint density at radius 1 is 1.19 bits per heavy atom. The maximum absolute atomic E-state index is 12.5. The van der Waals surface area contributed by atoms with Crippen molar-refractivity contribution in [3.05, 3.63) is 52.7 Å². The minimum absolute atomic E-state index is 0.175. The van der Waals surface area contributed by atoms with Crippen LogP contribution in [0.5, 0.6) is 0 Å². The summed E-state index contributed by atoms with van der Waals surface area (Å²) in [5.74, 6) is 0.820. The van der Waals surface area contributed by atoms with Crippen LogP contribution in [0.1, 0.15) is 30.0 Å². The lowest BCUT2D eigenvalue weighted by Gasteiger charge is -2.11. The molecule has 2 aromatic rings. The lowest BCUT2D eigenvalue weighted by Crippen LogP contribution is -2.15. The van der Waals surface area contributed by atoms with Crippen LogP contribution in [0.25, 0.3) is 0 Å². The van der Waals surface area contributed by atoms with E-state index in [9.17, 15) is 8.42 Å². The number of hydrogen-bond acceptors (Lipinski definition) is 3. The number of nitrogens with zero attached hydrogens (tertiary/aromatic N) is 1. The molecule has 21 heavy (non-hydrogen) atoms. The van der Waals surface area contributed by atoms with Crippen LogP contribution in [-0.4, -0.2) is 13.4 Å². The van der Waals surface area contributed by atoms with Gasteiger partial charge in [0, 0.05) is 16.6 Å². The Morgan fingerprint density at radius 2 is 1.90 bits per heavy atom. The smallest absolute Gasteiger partial charge is 0.263 e. The molecule has 0 amide bonds. The van der Waals surface area contributed by atoms with Gasteiger partial charge >= 0.3 is 0 Å². The number of halogens is 1. The lowest BCUT2D eigenvalue weighted by atomic mass is 10.2. The van der Waals surface area contributed by atoms with E-state index in [1.807, 2.05) is 12.1 Å². The van der Waals surface area contributed by atoms with Gasteiger partial charge in [0.2, 0.25) is 0 Å². The Balaban J connectivity index is 1.92. The number of nitrogens with one attached hydrogen (secondary N) is 1. The first kappa shape index (κ1) is 14.4. The minimum atomic E-state index is -3.69. The molecule has 1 aliphatic rings. The van der Waals surface area contributed by atoms with Crippen molar-refractivity contribution in [1.29, 1.82) is 0 Å². The highest BCUT2D eigenvalue weighted by Gasteiger charge is 2.25. The van der Waals surface area contributed by atoms with Crippen molar-refractivity contribution < 1.29 is 8.42 Å². The van der Waals surface area contributed by atoms with Crippen LogP contribution in [0.3, 0.4) is 0 Å². The summed E-state index contributed by atoms with van der Waals surface area (Å²) in [5, 5.41) is 0.428. The average Bonchev–Trinajstić information content (AvgIpc) is 3.26. The molecule has 0 radical (unpaired) electrons. The van der Waals surface area contributed by atoms with Gasteiger partial charge in [0.15, 0.2) is 0 Å². The predicted octanol–water partition coefficient (Wildman–Crippen LogP) is 3.72. The van der Waals surface area contributed by atoms with Crippen LogP contribution < -0.4 is 4.72 Å². The van der Waals surface area contributed by atoms with Crippen LogP contribution in [0, 0.1) is 6.92 Å². The maximum Gasteiger partial charge on any atom is 0.263 e. The van der Waals surface area contributed by atoms with E-state index < -0.39 is 10.0 Å². The largest absolute Gasteiger partial charge is 0.263 e. The van der Waals surface area contributed by atoms with Crippen LogP contribution in [0.2, 0.25) is 5.02 Å². The van der Waals surface area contributed by atoms with E-state index in [-0.39, 0.29) is 4.90 Å². The zero-order valence-corrected chi connectivity index (χ0v) is 13.1. The normalized spacial score (nSPS) is 15.0. The quantitative estimate of drug-likeness (QED) is 0.933. The number of aromatic nitrogens is 1. The molecule has 0 bridgehead atoms. The van der Waals surface area contributed by atoms with E-state index in [4.69, 9.17) is 11.6 Å². The van der Waals surface area contributed by atoms with Gasteiger partial charge in [0.1, 0.15) is 5.82 Å². The van der Waals surface area contributed by atoms with Crippen molar-refractivity contribution in [1.82, 2.24) is 4.98 Å². The van der Waals surface area contributed by atoms with E-state index in [0.29, 0.717) is 22.3 Å². The number of hydrogen-bond donors (Lipinski definition) is 1. The van der Waals surface area contributed by atoms with Crippen molar-refractivity contribution in [2.45, 2.75) is 30.6 Å². The lowest BCUT2D eigenvalue weighted by molar-refractivity contribution is 0.600. The van der Waals surface area contributed by atoms with E-state index >= 15 is 0 Å². The second kappa shape index (κ2) is 5.31. The first-order valence-electron chi connectivity index (χ1n) is 6.72. The molecule has 1 saturated carbocycles. The monoisotopic (exact) mass is 322 g/mol. The maximum atomic E-state index is 12.5. The molecule has 4 nitrogen and oxygen atoms in total. The zero-order valence-electron chi connectivity index (χ0n) is 11.5. The predicted molar refractivity (Wildman–Crippen MR) is 83.2 cm³/mol. The highest BCUT2D eigenvalue weighted by atomic mass is 35.5. The number of sulfonamides is 1. The fourth-order valence-electron chi connectivity index (χ4n) is 2.19. The number of pyridine rings is 1. The average molecular weight is 323 g/mol. The summed E-state index contributed by atoms with van der Waals surface area (Å²) in [6.07, 6.45) is 2.24. The molecule has 110 valence electrons. The fourth-order valence-corrected chi connectivity index (χ4v) is 3.69. The van der Waals surface area contributed by atoms with Gasteiger partial charge in [-0.15, -0.1) is 0 Å². The molecule has 6 heteroatoms. The number of rotatable bonds is 4. The molecule has 0 aliphatic heterocycles. The molecule has 1 aromatic heterocycles. The summed E-state index contributed by atoms with van der Waals surface area (Å²) in [5.41, 5.74) is 1.48. The molecular weight excluding hydrogens is 308 g/mol. The second-order valence-electron chi connectivity index (χ2n) is 5.19. The Kier molecular flexibility index (Phi) is 3.63. The van der Waals surface area contributed by atoms with E-state index in [0.717, 1.165) is 18.5 Å². The highest BCUT2D eigenvalue weighted by Crippen LogP contribution is 2.39. The van der Waals surface area contributed by atoms with E-state index in [2.05, 4.69) is 9.71 Å². The summed E-state index contributed by atoms with van der Waals surface area (Å²) < 4.78 is 27.5. The number of anilines is 1. The van der Waals surface area contributed by atoms with E-state index in [1.54, 1.807) is 25.1 Å². The van der Waals surface area contributed by atoms with Crippen LogP contribution >= 0.6 is 11.6 Å². The summed E-state index contributed by atoms with van der Waals surface area (Å²) in [7, 11) is -3.69. The van der Waals surface area contributed by atoms with Crippen molar-refractivity contribution >= 4 is 27.4 Å². The van der Waals surface area contributed by atoms with Gasteiger partial charge in [-0.05, 0) is 49.6 Å². The third-order valence-corrected chi connectivity index (χ3v) is 5.42. The topological polar surface area (TPSA) is 59.1 Å². The molecule has 1 heterocycles. The zero-order chi connectivity index (χ0) is 15.0. The molecule has 1 aromatic carbocycles. The Bertz CT molecular complexity index is 786. The standard InChI is InChI=1S/C15H15ClN2O2S/c1-10-12(16)4-2-6-14(10)21(19,20)18-15-7-3-5-13(17-15)11-8-9-11/h2-7,11H,8-9H2,1H3,(H,17,18). The van der Waals surface area contributed by atoms with Crippen LogP contribution in [-0.2, 0) is 10.0 Å². The SMILES string of the molecule is Cc1c(Cl)cccc1S(=O)(=O)Nc1cccc(C2CC2)n1. The van der Waals surface area contributed by atoms with Gasteiger partial charge < -0.3 is 0 Å². The Labute approximate surface area is 129 Å². The number of benzene rings is 1. The second-order valence-corrected chi connectivity index (χ2v) is 7.25. The van der Waals surface area contributed by atoms with Gasteiger partial charge in [-0.2, -0.15) is 0 Å². The van der Waals surface area contributed by atoms with Crippen molar-refractivity contribution in [3.8, 4) is 0 Å². The third-order valence-electron chi connectivity index (χ3n) is 3.51. The van der Waals surface area contributed by atoms with Gasteiger partial charge in [0.25, 0.3) is 10.0 Å². The Morgan fingerprint density at radius 3 is 2.62 bits per heavy atom. The summed E-state index contributed by atoms with van der Waals surface area (Å²) in [6, 6.07) is 10.2. The van der Waals surface area contributed by atoms with E-state index in [1.165, 1.54) is 6.07 Å². The first-order valence-corrected chi connectivity index (χ1v) is 8.58. The molecule has 0 spiro atoms. The van der Waals surface area contributed by atoms with Crippen molar-refractivity contribution in [2.75, 3.05) is 4.72 Å². The van der Waals surface area contributed by atoms with Gasteiger partial charge in [0.05, 0.1) is 4.90 Å². The third kappa shape index (κ3) is 3.04. The molecular formula is C15H15ClN2O2S. The summed E-state index contributed by atoms with van der Waals surface area (Å²) in [6.45, 7) is 1.69. The molecule has 0 atom stereocenters. The van der Waals surface area contributed by atoms with Crippen molar-refractivity contribution in [3.63, 3.8) is 0 Å². The minimum Gasteiger partial charge on any atom is -0.263 e. The van der Waals surface area contributed by atoms with Gasteiger partial charge in [-0.1, -0.05) is 23.7 Å². The fraction of sp³-hybridized carbons (Fsp3) is 0.267. The van der Waals surface area contributed by atoms with Crippen LogP contribution in [0.15, 0.2) is 41.3 Å².